The topological polar surface area (TPSA) is 67.2 Å². The van der Waals surface area contributed by atoms with Gasteiger partial charge in [-0.3, -0.25) is 9.59 Å². The second kappa shape index (κ2) is 7.76. The van der Waals surface area contributed by atoms with Crippen LogP contribution in [0.5, 0.6) is 0 Å². The van der Waals surface area contributed by atoms with Gasteiger partial charge < -0.3 is 14.8 Å². The normalized spacial score (nSPS) is 10.7. The van der Waals surface area contributed by atoms with Crippen LogP contribution in [0.4, 0.5) is 0 Å². The molecule has 0 bridgehead atoms. The zero-order valence-electron chi connectivity index (χ0n) is 14.0. The van der Waals surface area contributed by atoms with Gasteiger partial charge in [-0.15, -0.1) is 0 Å². The second-order valence-electron chi connectivity index (χ2n) is 5.30. The third kappa shape index (κ3) is 3.88. The number of hydrogen-bond donors (Lipinski definition) is 1. The van der Waals surface area contributed by atoms with Gasteiger partial charge in [-0.05, 0) is 26.0 Å². The number of para-hydroxylation sites is 2. The van der Waals surface area contributed by atoms with Crippen LogP contribution >= 0.6 is 0 Å². The number of aromatic nitrogens is 2. The van der Waals surface area contributed by atoms with Crippen LogP contribution in [0.15, 0.2) is 24.3 Å². The number of nitrogens with zero attached hydrogens (tertiary/aromatic N) is 3. The summed E-state index contributed by atoms with van der Waals surface area (Å²) < 4.78 is 1.89. The molecule has 1 aromatic carbocycles. The fourth-order valence-corrected chi connectivity index (χ4v) is 2.55. The van der Waals surface area contributed by atoms with Crippen molar-refractivity contribution in [2.45, 2.75) is 40.3 Å². The molecule has 124 valence electrons. The van der Waals surface area contributed by atoms with E-state index in [0.29, 0.717) is 31.9 Å². The van der Waals surface area contributed by atoms with Crippen LogP contribution in [-0.4, -0.2) is 39.4 Å². The summed E-state index contributed by atoms with van der Waals surface area (Å²) in [5.41, 5.74) is 1.74. The molecule has 6 nitrogen and oxygen atoms in total. The monoisotopic (exact) mass is 316 g/mol. The Morgan fingerprint density at radius 1 is 1.17 bits per heavy atom. The molecule has 2 rings (SSSR count). The van der Waals surface area contributed by atoms with Crippen molar-refractivity contribution in [3.63, 3.8) is 0 Å². The first-order valence-electron chi connectivity index (χ1n) is 8.09. The Hall–Kier alpha value is -2.37. The van der Waals surface area contributed by atoms with Gasteiger partial charge in [0.25, 0.3) is 0 Å². The van der Waals surface area contributed by atoms with Crippen molar-refractivity contribution >= 4 is 22.8 Å². The van der Waals surface area contributed by atoms with Crippen molar-refractivity contribution in [1.29, 1.82) is 0 Å². The molecule has 0 atom stereocenters. The molecule has 1 aromatic heterocycles. The number of imidazole rings is 1. The first-order valence-corrected chi connectivity index (χ1v) is 8.09. The maximum Gasteiger partial charge on any atom is 0.242 e. The minimum absolute atomic E-state index is 0.0290. The lowest BCUT2D eigenvalue weighted by atomic mass is 10.3. The predicted octanol–water partition coefficient (Wildman–Crippen LogP) is 1.93. The summed E-state index contributed by atoms with van der Waals surface area (Å²) in [7, 11) is 0. The maximum atomic E-state index is 12.5. The SMILES string of the molecule is CCC(=O)NCc1nc2ccccc2n1CC(=O)N(CC)CC. The van der Waals surface area contributed by atoms with Gasteiger partial charge >= 0.3 is 0 Å². The molecule has 1 N–H and O–H groups in total. The summed E-state index contributed by atoms with van der Waals surface area (Å²) in [5.74, 6) is 0.730. The van der Waals surface area contributed by atoms with Gasteiger partial charge in [-0.1, -0.05) is 19.1 Å². The molecule has 0 aliphatic carbocycles. The summed E-state index contributed by atoms with van der Waals surface area (Å²) in [6.45, 7) is 7.67. The molecule has 0 aliphatic rings. The van der Waals surface area contributed by atoms with E-state index in [1.807, 2.05) is 49.6 Å². The predicted molar refractivity (Wildman–Crippen MR) is 89.8 cm³/mol. The number of fused-ring (bicyclic) bond motifs is 1. The summed E-state index contributed by atoms with van der Waals surface area (Å²) in [6.07, 6.45) is 0.429. The average Bonchev–Trinajstić information content (AvgIpc) is 2.91. The lowest BCUT2D eigenvalue weighted by Gasteiger charge is -2.20. The van der Waals surface area contributed by atoms with Crippen LogP contribution in [-0.2, 0) is 22.7 Å². The van der Waals surface area contributed by atoms with E-state index in [9.17, 15) is 9.59 Å². The van der Waals surface area contributed by atoms with Gasteiger partial charge in [0, 0.05) is 19.5 Å². The molecular formula is C17H24N4O2. The lowest BCUT2D eigenvalue weighted by molar-refractivity contribution is -0.131. The van der Waals surface area contributed by atoms with E-state index in [-0.39, 0.29) is 18.4 Å². The first-order chi connectivity index (χ1) is 11.1. The molecule has 0 fully saturated rings. The standard InChI is InChI=1S/C17H24N4O2/c1-4-16(22)18-11-15-19-13-9-7-8-10-14(13)21(15)12-17(23)20(5-2)6-3/h7-10H,4-6,11-12H2,1-3H3,(H,18,22). The van der Waals surface area contributed by atoms with Gasteiger partial charge in [0.1, 0.15) is 12.4 Å². The second-order valence-corrected chi connectivity index (χ2v) is 5.30. The molecule has 0 spiro atoms. The van der Waals surface area contributed by atoms with Crippen molar-refractivity contribution in [3.8, 4) is 0 Å². The Bertz CT molecular complexity index is 689. The van der Waals surface area contributed by atoms with Gasteiger partial charge in [0.2, 0.25) is 11.8 Å². The number of nitrogens with one attached hydrogen (secondary N) is 1. The van der Waals surface area contributed by atoms with Crippen LogP contribution < -0.4 is 5.32 Å². The van der Waals surface area contributed by atoms with E-state index in [4.69, 9.17) is 0 Å². The quantitative estimate of drug-likeness (QED) is 0.849. The van der Waals surface area contributed by atoms with E-state index >= 15 is 0 Å². The number of benzene rings is 1. The van der Waals surface area contributed by atoms with Crippen LogP contribution in [0.3, 0.4) is 0 Å². The molecule has 0 saturated carbocycles. The smallest absolute Gasteiger partial charge is 0.242 e. The van der Waals surface area contributed by atoms with E-state index in [2.05, 4.69) is 10.3 Å². The van der Waals surface area contributed by atoms with E-state index < -0.39 is 0 Å². The summed E-state index contributed by atoms with van der Waals surface area (Å²) in [5, 5.41) is 2.83. The molecule has 0 radical (unpaired) electrons. The fourth-order valence-electron chi connectivity index (χ4n) is 2.55. The highest BCUT2D eigenvalue weighted by Gasteiger charge is 2.16. The number of likely N-dealkylation sites (N-methyl/N-ethyl adjacent to an activating group) is 1. The average molecular weight is 316 g/mol. The zero-order chi connectivity index (χ0) is 16.8. The molecule has 2 amide bonds. The van der Waals surface area contributed by atoms with Gasteiger partial charge in [0.05, 0.1) is 17.6 Å². The van der Waals surface area contributed by atoms with Crippen LogP contribution in [0.2, 0.25) is 0 Å². The third-order valence-corrected chi connectivity index (χ3v) is 3.91. The Balaban J connectivity index is 2.31. The summed E-state index contributed by atoms with van der Waals surface area (Å²) in [6, 6.07) is 7.71. The highest BCUT2D eigenvalue weighted by Crippen LogP contribution is 2.16. The fraction of sp³-hybridized carbons (Fsp3) is 0.471. The first kappa shape index (κ1) is 17.0. The van der Waals surface area contributed by atoms with E-state index in [1.165, 1.54) is 0 Å². The molecule has 6 heteroatoms. The number of carbonyl (C=O) groups excluding carboxylic acids is 2. The summed E-state index contributed by atoms with van der Waals surface area (Å²) >= 11 is 0. The van der Waals surface area contributed by atoms with E-state index in [0.717, 1.165) is 11.0 Å². The van der Waals surface area contributed by atoms with Gasteiger partial charge in [-0.25, -0.2) is 4.98 Å². The molecule has 0 unspecified atom stereocenters. The molecule has 2 aromatic rings. The Morgan fingerprint density at radius 3 is 2.52 bits per heavy atom. The highest BCUT2D eigenvalue weighted by atomic mass is 16.2. The Kier molecular flexibility index (Phi) is 5.73. The van der Waals surface area contributed by atoms with Crippen molar-refractivity contribution in [3.05, 3.63) is 30.1 Å². The van der Waals surface area contributed by atoms with Gasteiger partial charge in [0.15, 0.2) is 0 Å². The van der Waals surface area contributed by atoms with Crippen molar-refractivity contribution < 1.29 is 9.59 Å². The Morgan fingerprint density at radius 2 is 1.87 bits per heavy atom. The Labute approximate surface area is 136 Å². The maximum absolute atomic E-state index is 12.5. The van der Waals surface area contributed by atoms with Crippen molar-refractivity contribution in [1.82, 2.24) is 19.8 Å². The number of amides is 2. The van der Waals surface area contributed by atoms with Crippen LogP contribution in [0.25, 0.3) is 11.0 Å². The molecule has 0 aliphatic heterocycles. The molecule has 23 heavy (non-hydrogen) atoms. The number of rotatable bonds is 7. The van der Waals surface area contributed by atoms with Crippen molar-refractivity contribution in [2.24, 2.45) is 0 Å². The molecule has 1 heterocycles. The lowest BCUT2D eigenvalue weighted by Crippen LogP contribution is -2.34. The van der Waals surface area contributed by atoms with Gasteiger partial charge in [-0.2, -0.15) is 0 Å². The third-order valence-electron chi connectivity index (χ3n) is 3.91. The molecular weight excluding hydrogens is 292 g/mol. The largest absolute Gasteiger partial charge is 0.349 e. The molecule has 0 saturated heterocycles. The number of carbonyl (C=O) groups is 2. The number of hydrogen-bond acceptors (Lipinski definition) is 3. The highest BCUT2D eigenvalue weighted by molar-refractivity contribution is 5.81. The van der Waals surface area contributed by atoms with Crippen molar-refractivity contribution in [2.75, 3.05) is 13.1 Å². The summed E-state index contributed by atoms with van der Waals surface area (Å²) in [4.78, 5) is 30.3. The minimum atomic E-state index is -0.0290. The van der Waals surface area contributed by atoms with Crippen LogP contribution in [0, 0.1) is 0 Å². The minimum Gasteiger partial charge on any atom is -0.349 e. The van der Waals surface area contributed by atoms with E-state index in [1.54, 1.807) is 4.90 Å². The zero-order valence-corrected chi connectivity index (χ0v) is 14.0. The van der Waals surface area contributed by atoms with Crippen LogP contribution in [0.1, 0.15) is 33.0 Å².